The van der Waals surface area contributed by atoms with E-state index in [1.807, 2.05) is 12.1 Å². The van der Waals surface area contributed by atoms with E-state index in [2.05, 4.69) is 32.7 Å². The summed E-state index contributed by atoms with van der Waals surface area (Å²) < 4.78 is 1.80. The van der Waals surface area contributed by atoms with Crippen LogP contribution in [0.15, 0.2) is 30.5 Å². The molecule has 1 saturated heterocycles. The summed E-state index contributed by atoms with van der Waals surface area (Å²) in [6.45, 7) is 3.27. The molecule has 2 aromatic rings. The number of amides is 1. The smallest absolute Gasteiger partial charge is 0.273 e. The fourth-order valence-electron chi connectivity index (χ4n) is 3.17. The number of aliphatic hydroxyl groups is 1. The topological polar surface area (TPSA) is 83.3 Å². The van der Waals surface area contributed by atoms with Crippen molar-refractivity contribution in [2.45, 2.75) is 31.8 Å². The number of piperidine rings is 1. The summed E-state index contributed by atoms with van der Waals surface area (Å²) in [6, 6.07) is 8.14. The normalized spacial score (nSPS) is 18.0. The predicted molar refractivity (Wildman–Crippen MR) is 99.1 cm³/mol. The number of carbonyl (C=O) groups excluding carboxylic acids is 1. The lowest BCUT2D eigenvalue weighted by atomic mass is 10.0. The third-order valence-corrected chi connectivity index (χ3v) is 4.79. The molecule has 1 aromatic heterocycles. The highest BCUT2D eigenvalue weighted by atomic mass is 35.5. The van der Waals surface area contributed by atoms with Crippen LogP contribution in [0, 0.1) is 0 Å². The molecular formula is C18H24ClN5O2. The minimum atomic E-state index is -0.251. The van der Waals surface area contributed by atoms with Crippen LogP contribution in [-0.2, 0) is 6.54 Å². The SMILES string of the molecule is O=C(NCCCO)c1cn([C@H]2CCCN(Cc3ccc(Cl)cc3)C2)nn1. The van der Waals surface area contributed by atoms with Crippen molar-refractivity contribution in [2.75, 3.05) is 26.2 Å². The van der Waals surface area contributed by atoms with Crippen molar-refractivity contribution in [3.63, 3.8) is 0 Å². The molecule has 1 atom stereocenters. The molecule has 1 aromatic carbocycles. The Bertz CT molecular complexity index is 719. The maximum absolute atomic E-state index is 12.0. The van der Waals surface area contributed by atoms with E-state index in [0.29, 0.717) is 18.7 Å². The Balaban J connectivity index is 1.57. The Morgan fingerprint density at radius 1 is 1.35 bits per heavy atom. The van der Waals surface area contributed by atoms with Gasteiger partial charge in [0, 0.05) is 31.3 Å². The Hall–Kier alpha value is -1.96. The lowest BCUT2D eigenvalue weighted by Gasteiger charge is -2.32. The maximum atomic E-state index is 12.0. The highest BCUT2D eigenvalue weighted by Gasteiger charge is 2.23. The van der Waals surface area contributed by atoms with Crippen LogP contribution in [0.5, 0.6) is 0 Å². The zero-order valence-electron chi connectivity index (χ0n) is 14.6. The number of hydrogen-bond donors (Lipinski definition) is 2. The second kappa shape index (κ2) is 9.12. The van der Waals surface area contributed by atoms with Crippen LogP contribution in [0.4, 0.5) is 0 Å². The molecule has 3 rings (SSSR count). The van der Waals surface area contributed by atoms with Gasteiger partial charge in [0.2, 0.25) is 0 Å². The zero-order chi connectivity index (χ0) is 18.4. The van der Waals surface area contributed by atoms with Gasteiger partial charge in [-0.25, -0.2) is 4.68 Å². The molecule has 1 aliphatic heterocycles. The molecule has 0 saturated carbocycles. The van der Waals surface area contributed by atoms with Crippen LogP contribution >= 0.6 is 11.6 Å². The van der Waals surface area contributed by atoms with E-state index < -0.39 is 0 Å². The largest absolute Gasteiger partial charge is 0.396 e. The Morgan fingerprint density at radius 2 is 2.15 bits per heavy atom. The van der Waals surface area contributed by atoms with Crippen molar-refractivity contribution >= 4 is 17.5 Å². The zero-order valence-corrected chi connectivity index (χ0v) is 15.4. The van der Waals surface area contributed by atoms with E-state index >= 15 is 0 Å². The fourth-order valence-corrected chi connectivity index (χ4v) is 3.30. The van der Waals surface area contributed by atoms with Crippen LogP contribution in [0.25, 0.3) is 0 Å². The molecule has 0 bridgehead atoms. The molecule has 7 nitrogen and oxygen atoms in total. The van der Waals surface area contributed by atoms with Crippen LogP contribution in [0.1, 0.15) is 41.4 Å². The molecule has 1 amide bonds. The molecule has 0 aliphatic carbocycles. The van der Waals surface area contributed by atoms with Gasteiger partial charge in [-0.3, -0.25) is 9.69 Å². The quantitative estimate of drug-likeness (QED) is 0.720. The number of nitrogens with zero attached hydrogens (tertiary/aromatic N) is 4. The second-order valence-electron chi connectivity index (χ2n) is 6.57. The maximum Gasteiger partial charge on any atom is 0.273 e. The summed E-state index contributed by atoms with van der Waals surface area (Å²) in [5, 5.41) is 20.4. The average molecular weight is 378 g/mol. The number of aromatic nitrogens is 3. The summed E-state index contributed by atoms with van der Waals surface area (Å²) >= 11 is 5.95. The summed E-state index contributed by atoms with van der Waals surface area (Å²) in [5.41, 5.74) is 1.55. The van der Waals surface area contributed by atoms with E-state index in [1.54, 1.807) is 10.9 Å². The molecule has 0 radical (unpaired) electrons. The summed E-state index contributed by atoms with van der Waals surface area (Å²) in [7, 11) is 0. The molecule has 26 heavy (non-hydrogen) atoms. The molecular weight excluding hydrogens is 354 g/mol. The average Bonchev–Trinajstić information content (AvgIpc) is 3.14. The minimum absolute atomic E-state index is 0.0541. The number of nitrogens with one attached hydrogen (secondary N) is 1. The molecule has 2 heterocycles. The molecule has 0 unspecified atom stereocenters. The van der Waals surface area contributed by atoms with Crippen LogP contribution in [0.3, 0.4) is 0 Å². The summed E-state index contributed by atoms with van der Waals surface area (Å²) in [5.74, 6) is -0.251. The molecule has 0 spiro atoms. The Morgan fingerprint density at radius 3 is 2.92 bits per heavy atom. The van der Waals surface area contributed by atoms with Gasteiger partial charge < -0.3 is 10.4 Å². The standard InChI is InChI=1S/C18H24ClN5O2/c19-15-6-4-14(5-7-15)11-23-9-1-3-16(12-23)24-13-17(21-22-24)18(26)20-8-2-10-25/h4-7,13,16,25H,1-3,8-12H2,(H,20,26)/t16-/m0/s1. The van der Waals surface area contributed by atoms with Crippen LogP contribution in [0.2, 0.25) is 5.02 Å². The lowest BCUT2D eigenvalue weighted by Crippen LogP contribution is -2.36. The van der Waals surface area contributed by atoms with Gasteiger partial charge in [-0.15, -0.1) is 5.10 Å². The van der Waals surface area contributed by atoms with E-state index in [1.165, 1.54) is 5.56 Å². The van der Waals surface area contributed by atoms with E-state index in [0.717, 1.165) is 37.5 Å². The second-order valence-corrected chi connectivity index (χ2v) is 7.01. The molecule has 1 fully saturated rings. The third kappa shape index (κ3) is 5.03. The van der Waals surface area contributed by atoms with Gasteiger partial charge in [0.25, 0.3) is 5.91 Å². The van der Waals surface area contributed by atoms with Crippen molar-refractivity contribution in [2.24, 2.45) is 0 Å². The first kappa shape index (κ1) is 18.8. The van der Waals surface area contributed by atoms with Gasteiger partial charge in [-0.1, -0.05) is 28.9 Å². The monoisotopic (exact) mass is 377 g/mol. The highest BCUT2D eigenvalue weighted by molar-refractivity contribution is 6.30. The van der Waals surface area contributed by atoms with E-state index in [9.17, 15) is 4.79 Å². The van der Waals surface area contributed by atoms with Gasteiger partial charge in [-0.05, 0) is 43.5 Å². The molecule has 2 N–H and O–H groups in total. The van der Waals surface area contributed by atoms with Gasteiger partial charge in [0.15, 0.2) is 5.69 Å². The molecule has 8 heteroatoms. The first-order chi connectivity index (χ1) is 12.7. The van der Waals surface area contributed by atoms with Crippen molar-refractivity contribution in [3.8, 4) is 0 Å². The Kier molecular flexibility index (Phi) is 6.60. The predicted octanol–water partition coefficient (Wildman–Crippen LogP) is 1.88. The number of aliphatic hydroxyl groups excluding tert-OH is 1. The number of likely N-dealkylation sites (tertiary alicyclic amines) is 1. The number of hydrogen-bond acceptors (Lipinski definition) is 5. The Labute approximate surface area is 157 Å². The minimum Gasteiger partial charge on any atom is -0.396 e. The number of benzene rings is 1. The van der Waals surface area contributed by atoms with Gasteiger partial charge in [-0.2, -0.15) is 0 Å². The molecule has 140 valence electrons. The van der Waals surface area contributed by atoms with Crippen molar-refractivity contribution in [1.82, 2.24) is 25.2 Å². The first-order valence-electron chi connectivity index (χ1n) is 8.93. The summed E-state index contributed by atoms with van der Waals surface area (Å²) in [6.07, 6.45) is 4.34. The van der Waals surface area contributed by atoms with Crippen molar-refractivity contribution < 1.29 is 9.90 Å². The van der Waals surface area contributed by atoms with E-state index in [4.69, 9.17) is 16.7 Å². The molecule has 1 aliphatic rings. The van der Waals surface area contributed by atoms with E-state index in [-0.39, 0.29) is 18.6 Å². The third-order valence-electron chi connectivity index (χ3n) is 4.54. The van der Waals surface area contributed by atoms with Crippen LogP contribution in [-0.4, -0.2) is 57.1 Å². The van der Waals surface area contributed by atoms with Crippen molar-refractivity contribution in [1.29, 1.82) is 0 Å². The van der Waals surface area contributed by atoms with Gasteiger partial charge >= 0.3 is 0 Å². The van der Waals surface area contributed by atoms with Gasteiger partial charge in [0.1, 0.15) is 0 Å². The van der Waals surface area contributed by atoms with Crippen molar-refractivity contribution in [3.05, 3.63) is 46.7 Å². The number of rotatable bonds is 7. The fraction of sp³-hybridized carbons (Fsp3) is 0.500. The number of halogens is 1. The number of carbonyl (C=O) groups is 1. The first-order valence-corrected chi connectivity index (χ1v) is 9.31. The van der Waals surface area contributed by atoms with Gasteiger partial charge in [0.05, 0.1) is 12.2 Å². The highest BCUT2D eigenvalue weighted by Crippen LogP contribution is 2.22. The lowest BCUT2D eigenvalue weighted by molar-refractivity contribution is 0.0946. The van der Waals surface area contributed by atoms with Crippen LogP contribution < -0.4 is 5.32 Å². The summed E-state index contributed by atoms with van der Waals surface area (Å²) in [4.78, 5) is 14.4.